The van der Waals surface area contributed by atoms with E-state index in [2.05, 4.69) is 4.98 Å². The molecule has 3 aromatic rings. The number of carbonyl (C=O) groups is 2. The van der Waals surface area contributed by atoms with Crippen molar-refractivity contribution in [3.05, 3.63) is 66.1 Å². The van der Waals surface area contributed by atoms with E-state index in [0.717, 1.165) is 4.90 Å². The summed E-state index contributed by atoms with van der Waals surface area (Å²) in [4.78, 5) is 29.8. The number of imidazole rings is 1. The van der Waals surface area contributed by atoms with Crippen LogP contribution in [-0.2, 0) is 0 Å². The molecular formula is C16H12N2O2S. The Bertz CT molecular complexity index is 822. The molecule has 0 aliphatic carbocycles. The molecule has 2 heterocycles. The number of benzene rings is 1. The normalized spacial score (nSPS) is 10.7. The Hall–Kier alpha value is -2.40. The first-order chi connectivity index (χ1) is 10.2. The maximum absolute atomic E-state index is 12.4. The highest BCUT2D eigenvalue weighted by atomic mass is 32.2. The zero-order chi connectivity index (χ0) is 14.8. The molecule has 104 valence electrons. The number of fused-ring (bicyclic) bond motifs is 1. The molecule has 4 nitrogen and oxygen atoms in total. The molecular weight excluding hydrogens is 284 g/mol. The summed E-state index contributed by atoms with van der Waals surface area (Å²) in [5, 5.41) is 0. The highest BCUT2D eigenvalue weighted by Crippen LogP contribution is 2.16. The summed E-state index contributed by atoms with van der Waals surface area (Å²) in [5.74, 6) is -1.07. The van der Waals surface area contributed by atoms with Crippen LogP contribution >= 0.6 is 11.8 Å². The summed E-state index contributed by atoms with van der Waals surface area (Å²) in [6.07, 6.45) is 5.12. The van der Waals surface area contributed by atoms with Crippen molar-refractivity contribution in [1.82, 2.24) is 9.38 Å². The van der Waals surface area contributed by atoms with E-state index in [0.29, 0.717) is 11.2 Å². The van der Waals surface area contributed by atoms with E-state index < -0.39 is 11.6 Å². The second kappa shape index (κ2) is 5.54. The lowest BCUT2D eigenvalue weighted by Crippen LogP contribution is -2.16. The quantitative estimate of drug-likeness (QED) is 0.422. The highest BCUT2D eigenvalue weighted by molar-refractivity contribution is 7.98. The fraction of sp³-hybridized carbons (Fsp3) is 0.0625. The molecule has 1 aromatic carbocycles. The molecule has 5 heteroatoms. The van der Waals surface area contributed by atoms with Crippen LogP contribution in [0, 0.1) is 0 Å². The third kappa shape index (κ3) is 2.48. The molecule has 0 amide bonds. The Kier molecular flexibility index (Phi) is 3.58. The molecule has 21 heavy (non-hydrogen) atoms. The van der Waals surface area contributed by atoms with Gasteiger partial charge in [0, 0.05) is 16.7 Å². The summed E-state index contributed by atoms with van der Waals surface area (Å²) in [6, 6.07) is 12.4. The van der Waals surface area contributed by atoms with E-state index in [-0.39, 0.29) is 5.69 Å². The number of hydrogen-bond donors (Lipinski definition) is 0. The van der Waals surface area contributed by atoms with Gasteiger partial charge in [0.05, 0.1) is 6.20 Å². The Morgan fingerprint density at radius 2 is 1.81 bits per heavy atom. The molecule has 0 radical (unpaired) electrons. The van der Waals surface area contributed by atoms with Crippen LogP contribution < -0.4 is 0 Å². The third-order valence-electron chi connectivity index (χ3n) is 3.21. The van der Waals surface area contributed by atoms with Crippen molar-refractivity contribution in [3.8, 4) is 0 Å². The van der Waals surface area contributed by atoms with Crippen molar-refractivity contribution in [2.75, 3.05) is 6.26 Å². The Balaban J connectivity index is 1.95. The van der Waals surface area contributed by atoms with Crippen molar-refractivity contribution >= 4 is 29.0 Å². The molecule has 3 rings (SSSR count). The van der Waals surface area contributed by atoms with Gasteiger partial charge >= 0.3 is 0 Å². The lowest BCUT2D eigenvalue weighted by atomic mass is 10.1. The van der Waals surface area contributed by atoms with E-state index in [9.17, 15) is 9.59 Å². The largest absolute Gasteiger partial charge is 0.297 e. The average Bonchev–Trinajstić information content (AvgIpc) is 2.97. The number of pyridine rings is 1. The Morgan fingerprint density at radius 3 is 2.52 bits per heavy atom. The fourth-order valence-electron chi connectivity index (χ4n) is 2.09. The molecule has 2 aromatic heterocycles. The molecule has 0 unspecified atom stereocenters. The third-order valence-corrected chi connectivity index (χ3v) is 3.95. The van der Waals surface area contributed by atoms with Gasteiger partial charge in [0.2, 0.25) is 5.78 Å². The van der Waals surface area contributed by atoms with Crippen molar-refractivity contribution in [1.29, 1.82) is 0 Å². The van der Waals surface area contributed by atoms with Gasteiger partial charge in [-0.25, -0.2) is 4.98 Å². The number of Topliss-reactive ketones (excluding diaryl/α,β-unsaturated/α-hetero) is 2. The van der Waals surface area contributed by atoms with Gasteiger partial charge < -0.3 is 0 Å². The molecule has 0 atom stereocenters. The number of rotatable bonds is 4. The Morgan fingerprint density at radius 1 is 1.05 bits per heavy atom. The molecule has 0 saturated heterocycles. The van der Waals surface area contributed by atoms with Gasteiger partial charge in [-0.1, -0.05) is 6.07 Å². The SMILES string of the molecule is CSc1ccc(C(=O)C(=O)c2cnc3ccccn23)cc1. The van der Waals surface area contributed by atoms with Gasteiger partial charge in [-0.3, -0.25) is 14.0 Å². The van der Waals surface area contributed by atoms with Crippen molar-refractivity contribution in [2.24, 2.45) is 0 Å². The summed E-state index contributed by atoms with van der Waals surface area (Å²) < 4.78 is 1.62. The average molecular weight is 296 g/mol. The number of carbonyl (C=O) groups excluding carboxylic acids is 2. The second-order valence-corrected chi connectivity index (χ2v) is 5.34. The molecule has 0 saturated carbocycles. The summed E-state index contributed by atoms with van der Waals surface area (Å²) in [5.41, 5.74) is 1.32. The minimum absolute atomic E-state index is 0.282. The smallest absolute Gasteiger partial charge is 0.251 e. The van der Waals surface area contributed by atoms with Crippen LogP contribution in [0.3, 0.4) is 0 Å². The van der Waals surface area contributed by atoms with Gasteiger partial charge in [-0.05, 0) is 42.7 Å². The van der Waals surface area contributed by atoms with Gasteiger partial charge in [0.15, 0.2) is 0 Å². The molecule has 0 fully saturated rings. The number of ketones is 2. The van der Waals surface area contributed by atoms with E-state index in [1.54, 1.807) is 46.6 Å². The van der Waals surface area contributed by atoms with Crippen LogP contribution in [0.4, 0.5) is 0 Å². The van der Waals surface area contributed by atoms with E-state index in [4.69, 9.17) is 0 Å². The van der Waals surface area contributed by atoms with Crippen LogP contribution in [0.1, 0.15) is 20.8 Å². The second-order valence-electron chi connectivity index (χ2n) is 4.46. The van der Waals surface area contributed by atoms with Gasteiger partial charge in [0.1, 0.15) is 11.3 Å². The van der Waals surface area contributed by atoms with E-state index in [1.807, 2.05) is 24.5 Å². The molecule has 0 aliphatic rings. The summed E-state index contributed by atoms with van der Waals surface area (Å²) in [7, 11) is 0. The minimum atomic E-state index is -0.550. The lowest BCUT2D eigenvalue weighted by Gasteiger charge is -2.02. The maximum Gasteiger partial charge on any atom is 0.251 e. The van der Waals surface area contributed by atoms with Crippen LogP contribution in [0.5, 0.6) is 0 Å². The molecule has 0 spiro atoms. The first-order valence-corrected chi connectivity index (χ1v) is 7.58. The number of aromatic nitrogens is 2. The predicted octanol–water partition coefficient (Wildman–Crippen LogP) is 3.12. The number of thioether (sulfide) groups is 1. The van der Waals surface area contributed by atoms with Crippen molar-refractivity contribution < 1.29 is 9.59 Å². The van der Waals surface area contributed by atoms with Crippen LogP contribution in [0.15, 0.2) is 59.8 Å². The first-order valence-electron chi connectivity index (χ1n) is 6.36. The highest BCUT2D eigenvalue weighted by Gasteiger charge is 2.21. The van der Waals surface area contributed by atoms with Crippen LogP contribution in [0.25, 0.3) is 5.65 Å². The van der Waals surface area contributed by atoms with Gasteiger partial charge in [0.25, 0.3) is 5.78 Å². The monoisotopic (exact) mass is 296 g/mol. The lowest BCUT2D eigenvalue weighted by molar-refractivity contribution is 0.0813. The van der Waals surface area contributed by atoms with Crippen LogP contribution in [-0.4, -0.2) is 27.2 Å². The zero-order valence-electron chi connectivity index (χ0n) is 11.3. The number of nitrogens with zero attached hydrogens (tertiary/aromatic N) is 2. The summed E-state index contributed by atoms with van der Waals surface area (Å²) in [6.45, 7) is 0. The van der Waals surface area contributed by atoms with Gasteiger partial charge in [-0.15, -0.1) is 11.8 Å². The fourth-order valence-corrected chi connectivity index (χ4v) is 2.50. The summed E-state index contributed by atoms with van der Waals surface area (Å²) >= 11 is 1.59. The predicted molar refractivity (Wildman–Crippen MR) is 82.1 cm³/mol. The zero-order valence-corrected chi connectivity index (χ0v) is 12.1. The van der Waals surface area contributed by atoms with E-state index in [1.165, 1.54) is 6.20 Å². The van der Waals surface area contributed by atoms with Gasteiger partial charge in [-0.2, -0.15) is 0 Å². The Labute approximate surface area is 125 Å². The van der Waals surface area contributed by atoms with Crippen molar-refractivity contribution in [2.45, 2.75) is 4.90 Å². The maximum atomic E-state index is 12.4. The standard InChI is InChI=1S/C16H12N2O2S/c1-21-12-7-5-11(6-8-12)15(19)16(20)13-10-17-14-4-2-3-9-18(13)14/h2-10H,1H3. The van der Waals surface area contributed by atoms with Crippen molar-refractivity contribution in [3.63, 3.8) is 0 Å². The molecule has 0 bridgehead atoms. The van der Waals surface area contributed by atoms with E-state index >= 15 is 0 Å². The van der Waals surface area contributed by atoms with Crippen LogP contribution in [0.2, 0.25) is 0 Å². The minimum Gasteiger partial charge on any atom is -0.297 e. The number of hydrogen-bond acceptors (Lipinski definition) is 4. The topological polar surface area (TPSA) is 51.4 Å². The molecule has 0 aliphatic heterocycles. The molecule has 0 N–H and O–H groups in total. The first kappa shape index (κ1) is 13.6.